The van der Waals surface area contributed by atoms with Crippen molar-refractivity contribution in [2.45, 2.75) is 31.6 Å². The molecular formula is C24H22ClFN4O3. The molecule has 7 nitrogen and oxygen atoms in total. The summed E-state index contributed by atoms with van der Waals surface area (Å²) in [6.07, 6.45) is 3.29. The molecule has 1 N–H and O–H groups in total. The zero-order valence-electron chi connectivity index (χ0n) is 17.8. The molecule has 0 unspecified atom stereocenters. The molecular weight excluding hydrogens is 447 g/mol. The Morgan fingerprint density at radius 3 is 2.45 bits per heavy atom. The summed E-state index contributed by atoms with van der Waals surface area (Å²) in [5.74, 6) is 0.627. The van der Waals surface area contributed by atoms with E-state index in [2.05, 4.69) is 15.5 Å². The third kappa shape index (κ3) is 4.75. The van der Waals surface area contributed by atoms with Gasteiger partial charge in [0.1, 0.15) is 5.82 Å². The van der Waals surface area contributed by atoms with Gasteiger partial charge in [-0.2, -0.15) is 4.98 Å². The number of hydrogen-bond donors (Lipinski definition) is 1. The molecule has 5 rings (SSSR count). The van der Waals surface area contributed by atoms with E-state index in [9.17, 15) is 14.0 Å². The van der Waals surface area contributed by atoms with Gasteiger partial charge >= 0.3 is 0 Å². The first kappa shape index (κ1) is 21.6. The molecule has 2 aromatic carbocycles. The Balaban J connectivity index is 1.16. The molecule has 0 bridgehead atoms. The van der Waals surface area contributed by atoms with E-state index in [1.165, 1.54) is 18.2 Å². The number of piperidine rings is 1. The Bertz CT molecular complexity index is 1180. The van der Waals surface area contributed by atoms with Gasteiger partial charge in [0.2, 0.25) is 17.6 Å². The van der Waals surface area contributed by atoms with E-state index in [0.717, 1.165) is 18.4 Å². The summed E-state index contributed by atoms with van der Waals surface area (Å²) in [4.78, 5) is 31.7. The van der Waals surface area contributed by atoms with E-state index in [-0.39, 0.29) is 22.8 Å². The minimum Gasteiger partial charge on any atom is -0.339 e. The first-order valence-corrected chi connectivity index (χ1v) is 11.3. The first-order chi connectivity index (χ1) is 16.0. The van der Waals surface area contributed by atoms with Crippen molar-refractivity contribution >= 4 is 29.1 Å². The van der Waals surface area contributed by atoms with Gasteiger partial charge in [-0.05, 0) is 56.0 Å². The number of nitrogens with one attached hydrogen (secondary N) is 1. The minimum absolute atomic E-state index is 0.0399. The highest BCUT2D eigenvalue weighted by atomic mass is 35.5. The van der Waals surface area contributed by atoms with Gasteiger partial charge in [-0.3, -0.25) is 9.59 Å². The van der Waals surface area contributed by atoms with E-state index >= 15 is 0 Å². The van der Waals surface area contributed by atoms with Crippen molar-refractivity contribution in [1.82, 2.24) is 15.0 Å². The second kappa shape index (κ2) is 8.94. The van der Waals surface area contributed by atoms with Crippen LogP contribution in [0.15, 0.2) is 47.0 Å². The number of nitrogens with zero attached hydrogens (tertiary/aromatic N) is 3. The highest BCUT2D eigenvalue weighted by Gasteiger charge is 2.30. The van der Waals surface area contributed by atoms with Crippen LogP contribution < -0.4 is 5.32 Å². The lowest BCUT2D eigenvalue weighted by Crippen LogP contribution is -2.41. The Labute approximate surface area is 194 Å². The number of rotatable bonds is 5. The SMILES string of the molecule is O=C(Nc1ccc(F)c(Cl)c1)C1CCN(C(=O)c2ccc(-c3noc(C4CC4)n3)cc2)CC1. The lowest BCUT2D eigenvalue weighted by Gasteiger charge is -2.31. The molecule has 33 heavy (non-hydrogen) atoms. The number of likely N-dealkylation sites (tertiary alicyclic amines) is 1. The third-order valence-corrected chi connectivity index (χ3v) is 6.39. The molecule has 1 aliphatic heterocycles. The van der Waals surface area contributed by atoms with Crippen molar-refractivity contribution in [2.24, 2.45) is 5.92 Å². The van der Waals surface area contributed by atoms with Crippen molar-refractivity contribution in [1.29, 1.82) is 0 Å². The molecule has 170 valence electrons. The van der Waals surface area contributed by atoms with Gasteiger partial charge in [-0.15, -0.1) is 0 Å². The second-order valence-electron chi connectivity index (χ2n) is 8.49. The van der Waals surface area contributed by atoms with Gasteiger partial charge in [0.25, 0.3) is 5.91 Å². The van der Waals surface area contributed by atoms with E-state index < -0.39 is 5.82 Å². The standard InChI is InChI=1S/C24H22ClFN4O3/c25-19-13-18(7-8-20(19)26)27-22(31)15-9-11-30(12-10-15)24(32)17-5-1-14(2-6-17)21-28-23(33-29-21)16-3-4-16/h1-2,5-8,13,15-16H,3-4,9-12H2,(H,27,31). The van der Waals surface area contributed by atoms with E-state index in [1.54, 1.807) is 17.0 Å². The topological polar surface area (TPSA) is 88.3 Å². The van der Waals surface area contributed by atoms with Crippen LogP contribution in [0.3, 0.4) is 0 Å². The number of anilines is 1. The molecule has 1 saturated carbocycles. The fraction of sp³-hybridized carbons (Fsp3) is 0.333. The maximum absolute atomic E-state index is 13.3. The van der Waals surface area contributed by atoms with Crippen LogP contribution in [0.25, 0.3) is 11.4 Å². The predicted octanol–water partition coefficient (Wildman–Crippen LogP) is 4.90. The fourth-order valence-corrected chi connectivity index (χ4v) is 4.14. The summed E-state index contributed by atoms with van der Waals surface area (Å²) in [7, 11) is 0. The lowest BCUT2D eigenvalue weighted by molar-refractivity contribution is -0.121. The molecule has 2 heterocycles. The molecule has 1 saturated heterocycles. The number of hydrogen-bond acceptors (Lipinski definition) is 5. The molecule has 2 aliphatic rings. The molecule has 2 amide bonds. The van der Waals surface area contributed by atoms with Crippen LogP contribution in [-0.4, -0.2) is 39.9 Å². The average Bonchev–Trinajstić information content (AvgIpc) is 3.57. The molecule has 0 spiro atoms. The van der Waals surface area contributed by atoms with Gasteiger partial charge in [0, 0.05) is 41.7 Å². The number of carbonyl (C=O) groups is 2. The lowest BCUT2D eigenvalue weighted by atomic mass is 9.95. The predicted molar refractivity (Wildman–Crippen MR) is 120 cm³/mol. The van der Waals surface area contributed by atoms with Gasteiger partial charge in [-0.1, -0.05) is 28.9 Å². The van der Waals surface area contributed by atoms with E-state index in [4.69, 9.17) is 16.1 Å². The number of carbonyl (C=O) groups excluding carboxylic acids is 2. The summed E-state index contributed by atoms with van der Waals surface area (Å²) < 4.78 is 18.6. The molecule has 3 aromatic rings. The van der Waals surface area contributed by atoms with Crippen molar-refractivity contribution in [3.8, 4) is 11.4 Å². The zero-order chi connectivity index (χ0) is 22.9. The monoisotopic (exact) mass is 468 g/mol. The van der Waals surface area contributed by atoms with Crippen LogP contribution in [0.5, 0.6) is 0 Å². The summed E-state index contributed by atoms with van der Waals surface area (Å²) in [5.41, 5.74) is 1.84. The van der Waals surface area contributed by atoms with Crippen molar-refractivity contribution < 1.29 is 18.5 Å². The first-order valence-electron chi connectivity index (χ1n) is 11.0. The highest BCUT2D eigenvalue weighted by molar-refractivity contribution is 6.31. The maximum atomic E-state index is 13.3. The van der Waals surface area contributed by atoms with Crippen LogP contribution in [-0.2, 0) is 4.79 Å². The Hall–Kier alpha value is -3.26. The van der Waals surface area contributed by atoms with Crippen LogP contribution in [0, 0.1) is 11.7 Å². The van der Waals surface area contributed by atoms with Crippen molar-refractivity contribution in [3.05, 3.63) is 64.8 Å². The summed E-state index contributed by atoms with van der Waals surface area (Å²) in [6.45, 7) is 0.969. The van der Waals surface area contributed by atoms with Gasteiger partial charge in [0.15, 0.2) is 0 Å². The van der Waals surface area contributed by atoms with Crippen LogP contribution >= 0.6 is 11.6 Å². The number of amides is 2. The average molecular weight is 469 g/mol. The number of benzene rings is 2. The largest absolute Gasteiger partial charge is 0.339 e. The Morgan fingerprint density at radius 1 is 1.06 bits per heavy atom. The Morgan fingerprint density at radius 2 is 1.79 bits per heavy atom. The maximum Gasteiger partial charge on any atom is 0.253 e. The quantitative estimate of drug-likeness (QED) is 0.575. The molecule has 0 radical (unpaired) electrons. The van der Waals surface area contributed by atoms with E-state index in [1.807, 2.05) is 12.1 Å². The highest BCUT2D eigenvalue weighted by Crippen LogP contribution is 2.39. The second-order valence-corrected chi connectivity index (χ2v) is 8.90. The number of halogens is 2. The van der Waals surface area contributed by atoms with Gasteiger partial charge in [0.05, 0.1) is 5.02 Å². The van der Waals surface area contributed by atoms with Crippen LogP contribution in [0.1, 0.15) is 47.8 Å². The zero-order valence-corrected chi connectivity index (χ0v) is 18.5. The van der Waals surface area contributed by atoms with E-state index in [0.29, 0.717) is 54.8 Å². The summed E-state index contributed by atoms with van der Waals surface area (Å²) in [6, 6.07) is 11.3. The minimum atomic E-state index is -0.533. The molecule has 2 fully saturated rings. The van der Waals surface area contributed by atoms with Gasteiger partial charge in [-0.25, -0.2) is 4.39 Å². The third-order valence-electron chi connectivity index (χ3n) is 6.10. The Kier molecular flexibility index (Phi) is 5.85. The van der Waals surface area contributed by atoms with Crippen LogP contribution in [0.4, 0.5) is 10.1 Å². The summed E-state index contributed by atoms with van der Waals surface area (Å²) >= 11 is 5.77. The number of aromatic nitrogens is 2. The summed E-state index contributed by atoms with van der Waals surface area (Å²) in [5, 5.41) is 6.77. The smallest absolute Gasteiger partial charge is 0.253 e. The van der Waals surface area contributed by atoms with Crippen LogP contribution in [0.2, 0.25) is 5.02 Å². The molecule has 9 heteroatoms. The molecule has 1 aliphatic carbocycles. The normalized spacial score (nSPS) is 16.6. The molecule has 1 aromatic heterocycles. The fourth-order valence-electron chi connectivity index (χ4n) is 3.96. The van der Waals surface area contributed by atoms with Gasteiger partial charge < -0.3 is 14.7 Å². The van der Waals surface area contributed by atoms with Crippen molar-refractivity contribution in [3.63, 3.8) is 0 Å². The molecule has 0 atom stereocenters. The van der Waals surface area contributed by atoms with Crippen molar-refractivity contribution in [2.75, 3.05) is 18.4 Å².